The van der Waals surface area contributed by atoms with Crippen LogP contribution in [0.15, 0.2) is 0 Å². The largest absolute Gasteiger partial charge is 0.315 e. The highest BCUT2D eigenvalue weighted by Gasteiger charge is 2.34. The van der Waals surface area contributed by atoms with Crippen molar-refractivity contribution >= 4 is 0 Å². The van der Waals surface area contributed by atoms with Gasteiger partial charge in [0.15, 0.2) is 0 Å². The quantitative estimate of drug-likeness (QED) is 0.827. The Kier molecular flexibility index (Phi) is 5.05. The monoisotopic (exact) mass is 253 g/mol. The van der Waals surface area contributed by atoms with Crippen LogP contribution in [-0.2, 0) is 0 Å². The van der Waals surface area contributed by atoms with Gasteiger partial charge in [-0.15, -0.1) is 0 Å². The van der Waals surface area contributed by atoms with Crippen LogP contribution in [-0.4, -0.2) is 62.2 Å². The van der Waals surface area contributed by atoms with Gasteiger partial charge in [0.05, 0.1) is 0 Å². The first-order valence-electron chi connectivity index (χ1n) is 7.69. The normalized spacial score (nSPS) is 39.2. The molecule has 0 amide bonds. The Bertz CT molecular complexity index is 254. The van der Waals surface area contributed by atoms with Gasteiger partial charge in [-0.1, -0.05) is 6.92 Å². The third-order valence-corrected chi connectivity index (χ3v) is 5.08. The molecule has 1 saturated heterocycles. The molecule has 1 saturated carbocycles. The lowest BCUT2D eigenvalue weighted by Gasteiger charge is -2.46. The molecular formula is C15H31N3. The third kappa shape index (κ3) is 3.25. The van der Waals surface area contributed by atoms with Gasteiger partial charge >= 0.3 is 0 Å². The van der Waals surface area contributed by atoms with E-state index in [0.29, 0.717) is 6.04 Å². The van der Waals surface area contributed by atoms with Gasteiger partial charge in [0.2, 0.25) is 0 Å². The molecule has 0 bridgehead atoms. The maximum atomic E-state index is 3.56. The zero-order valence-corrected chi connectivity index (χ0v) is 12.7. The number of likely N-dealkylation sites (tertiary alicyclic amines) is 1. The van der Waals surface area contributed by atoms with Crippen LogP contribution in [0.3, 0.4) is 0 Å². The fraction of sp³-hybridized carbons (Fsp3) is 1.00. The first kappa shape index (κ1) is 14.3. The molecule has 0 aromatic carbocycles. The number of piperidine rings is 1. The van der Waals surface area contributed by atoms with Gasteiger partial charge in [-0.2, -0.15) is 0 Å². The van der Waals surface area contributed by atoms with E-state index in [9.17, 15) is 0 Å². The minimum absolute atomic E-state index is 0.710. The Morgan fingerprint density at radius 1 is 1.17 bits per heavy atom. The molecule has 0 aromatic rings. The summed E-state index contributed by atoms with van der Waals surface area (Å²) in [6.45, 7) is 4.99. The van der Waals surface area contributed by atoms with Crippen LogP contribution < -0.4 is 5.32 Å². The molecule has 3 heteroatoms. The summed E-state index contributed by atoms with van der Waals surface area (Å²) in [5.41, 5.74) is 0. The molecule has 1 N–H and O–H groups in total. The number of rotatable bonds is 3. The van der Waals surface area contributed by atoms with E-state index < -0.39 is 0 Å². The lowest BCUT2D eigenvalue weighted by molar-refractivity contribution is 0.0511. The van der Waals surface area contributed by atoms with E-state index in [2.05, 4.69) is 43.2 Å². The van der Waals surface area contributed by atoms with Crippen LogP contribution >= 0.6 is 0 Å². The fourth-order valence-electron chi connectivity index (χ4n) is 3.80. The van der Waals surface area contributed by atoms with E-state index in [1.807, 2.05) is 0 Å². The molecule has 4 unspecified atom stereocenters. The molecule has 18 heavy (non-hydrogen) atoms. The molecule has 0 spiro atoms. The molecule has 0 aromatic heterocycles. The summed E-state index contributed by atoms with van der Waals surface area (Å²) in [4.78, 5) is 5.18. The second kappa shape index (κ2) is 6.36. The number of nitrogens with one attached hydrogen (secondary N) is 1. The molecule has 3 nitrogen and oxygen atoms in total. The summed E-state index contributed by atoms with van der Waals surface area (Å²) >= 11 is 0. The number of hydrogen-bond donors (Lipinski definition) is 1. The van der Waals surface area contributed by atoms with Crippen LogP contribution in [0, 0.1) is 5.92 Å². The first-order valence-corrected chi connectivity index (χ1v) is 7.69. The van der Waals surface area contributed by atoms with Crippen molar-refractivity contribution in [3.05, 3.63) is 0 Å². The van der Waals surface area contributed by atoms with Crippen LogP contribution in [0.4, 0.5) is 0 Å². The van der Waals surface area contributed by atoms with Crippen LogP contribution in [0.1, 0.15) is 39.0 Å². The Balaban J connectivity index is 1.99. The van der Waals surface area contributed by atoms with E-state index in [1.54, 1.807) is 0 Å². The molecule has 106 valence electrons. The molecule has 4 atom stereocenters. The average Bonchev–Trinajstić information content (AvgIpc) is 2.39. The van der Waals surface area contributed by atoms with Gasteiger partial charge in [-0.3, -0.25) is 4.90 Å². The number of likely N-dealkylation sites (N-methyl/N-ethyl adjacent to an activating group) is 2. The summed E-state index contributed by atoms with van der Waals surface area (Å²) in [5, 5.41) is 3.56. The van der Waals surface area contributed by atoms with E-state index in [0.717, 1.165) is 18.0 Å². The molecule has 1 aliphatic heterocycles. The highest BCUT2D eigenvalue weighted by atomic mass is 15.2. The summed E-state index contributed by atoms with van der Waals surface area (Å²) in [6.07, 6.45) is 6.87. The molecule has 2 rings (SSSR count). The van der Waals surface area contributed by atoms with Crippen LogP contribution in [0.25, 0.3) is 0 Å². The van der Waals surface area contributed by atoms with Crippen molar-refractivity contribution in [2.45, 2.75) is 57.2 Å². The highest BCUT2D eigenvalue weighted by Crippen LogP contribution is 2.30. The summed E-state index contributed by atoms with van der Waals surface area (Å²) in [6, 6.07) is 2.23. The molecule has 0 radical (unpaired) electrons. The van der Waals surface area contributed by atoms with Crippen molar-refractivity contribution in [1.29, 1.82) is 0 Å². The van der Waals surface area contributed by atoms with Crippen molar-refractivity contribution < 1.29 is 0 Å². The van der Waals surface area contributed by atoms with Crippen molar-refractivity contribution in [1.82, 2.24) is 15.1 Å². The maximum absolute atomic E-state index is 3.56. The molecule has 1 heterocycles. The minimum atomic E-state index is 0.710. The Morgan fingerprint density at radius 2 is 1.94 bits per heavy atom. The molecular weight excluding hydrogens is 222 g/mol. The number of nitrogens with zero attached hydrogens (tertiary/aromatic N) is 2. The zero-order chi connectivity index (χ0) is 13.1. The SMILES string of the molecule is CNC1CCC(C)CC1N1CCCC(N(C)C)C1. The van der Waals surface area contributed by atoms with Crippen molar-refractivity contribution in [3.63, 3.8) is 0 Å². The maximum Gasteiger partial charge on any atom is 0.0252 e. The van der Waals surface area contributed by atoms with Gasteiger partial charge in [-0.05, 0) is 65.7 Å². The van der Waals surface area contributed by atoms with E-state index in [4.69, 9.17) is 0 Å². The van der Waals surface area contributed by atoms with Crippen LogP contribution in [0.5, 0.6) is 0 Å². The number of hydrogen-bond acceptors (Lipinski definition) is 3. The van der Waals surface area contributed by atoms with Gasteiger partial charge in [-0.25, -0.2) is 0 Å². The Morgan fingerprint density at radius 3 is 2.61 bits per heavy atom. The van der Waals surface area contributed by atoms with Crippen molar-refractivity contribution in [2.24, 2.45) is 5.92 Å². The molecule has 2 aliphatic rings. The predicted molar refractivity (Wildman–Crippen MR) is 77.9 cm³/mol. The van der Waals surface area contributed by atoms with Gasteiger partial charge in [0.25, 0.3) is 0 Å². The van der Waals surface area contributed by atoms with E-state index >= 15 is 0 Å². The summed E-state index contributed by atoms with van der Waals surface area (Å²) in [7, 11) is 6.60. The third-order valence-electron chi connectivity index (χ3n) is 5.08. The van der Waals surface area contributed by atoms with Gasteiger partial charge in [0.1, 0.15) is 0 Å². The summed E-state index contributed by atoms with van der Waals surface area (Å²) < 4.78 is 0. The van der Waals surface area contributed by atoms with Crippen molar-refractivity contribution in [2.75, 3.05) is 34.2 Å². The van der Waals surface area contributed by atoms with E-state index in [-0.39, 0.29) is 0 Å². The topological polar surface area (TPSA) is 18.5 Å². The van der Waals surface area contributed by atoms with Crippen LogP contribution in [0.2, 0.25) is 0 Å². The minimum Gasteiger partial charge on any atom is -0.315 e. The lowest BCUT2D eigenvalue weighted by Crippen LogP contribution is -2.57. The Labute approximate surface area is 113 Å². The standard InChI is InChI=1S/C15H31N3/c1-12-7-8-14(16-2)15(10-12)18-9-5-6-13(11-18)17(3)4/h12-16H,5-11H2,1-4H3. The Hall–Kier alpha value is -0.120. The predicted octanol–water partition coefficient (Wildman–Crippen LogP) is 1.79. The van der Waals surface area contributed by atoms with Gasteiger partial charge in [0, 0.05) is 24.7 Å². The van der Waals surface area contributed by atoms with Gasteiger partial charge < -0.3 is 10.2 Å². The van der Waals surface area contributed by atoms with E-state index in [1.165, 1.54) is 45.2 Å². The second-order valence-corrected chi connectivity index (χ2v) is 6.64. The lowest BCUT2D eigenvalue weighted by atomic mass is 9.81. The highest BCUT2D eigenvalue weighted by molar-refractivity contribution is 4.92. The second-order valence-electron chi connectivity index (χ2n) is 6.64. The zero-order valence-electron chi connectivity index (χ0n) is 12.7. The summed E-state index contributed by atoms with van der Waals surface area (Å²) in [5.74, 6) is 0.902. The smallest absolute Gasteiger partial charge is 0.0252 e. The fourth-order valence-corrected chi connectivity index (χ4v) is 3.80. The van der Waals surface area contributed by atoms with Crippen molar-refractivity contribution in [3.8, 4) is 0 Å². The molecule has 1 aliphatic carbocycles. The first-order chi connectivity index (χ1) is 8.61. The molecule has 2 fully saturated rings. The average molecular weight is 253 g/mol.